The lowest BCUT2D eigenvalue weighted by molar-refractivity contribution is -0.140. The Hall–Kier alpha value is -1.59. The Bertz CT molecular complexity index is 537. The minimum absolute atomic E-state index is 0.0271. The van der Waals surface area contributed by atoms with Gasteiger partial charge in [-0.3, -0.25) is 14.4 Å². The largest absolute Gasteiger partial charge is 0.353 e. The minimum atomic E-state index is -0.364. The molecule has 2 heterocycles. The highest BCUT2D eigenvalue weighted by Gasteiger charge is 2.40. The molecule has 0 aromatic heterocycles. The fourth-order valence-electron chi connectivity index (χ4n) is 3.55. The lowest BCUT2D eigenvalue weighted by atomic mass is 9.93. The Morgan fingerprint density at radius 2 is 1.60 bits per heavy atom. The van der Waals surface area contributed by atoms with Gasteiger partial charge < -0.3 is 15.1 Å². The van der Waals surface area contributed by atoms with Gasteiger partial charge >= 0.3 is 0 Å². The number of amides is 3. The molecule has 0 aromatic rings. The maximum absolute atomic E-state index is 12.5. The second-order valence-electron chi connectivity index (χ2n) is 9.40. The predicted octanol–water partition coefficient (Wildman–Crippen LogP) is 1.79. The van der Waals surface area contributed by atoms with Gasteiger partial charge in [0.2, 0.25) is 17.7 Å². The third-order valence-corrected chi connectivity index (χ3v) is 5.08. The maximum Gasteiger partial charge on any atom is 0.227 e. The average Bonchev–Trinajstić information content (AvgIpc) is 2.88. The molecule has 1 unspecified atom stereocenters. The highest BCUT2D eigenvalue weighted by atomic mass is 16.2. The molecule has 1 N–H and O–H groups in total. The lowest BCUT2D eigenvalue weighted by Gasteiger charge is -2.36. The van der Waals surface area contributed by atoms with Crippen LogP contribution in [-0.2, 0) is 14.4 Å². The second-order valence-corrected chi connectivity index (χ2v) is 9.40. The van der Waals surface area contributed by atoms with Crippen molar-refractivity contribution in [3.05, 3.63) is 0 Å². The Balaban J connectivity index is 1.84. The van der Waals surface area contributed by atoms with Crippen LogP contribution in [0.25, 0.3) is 0 Å². The van der Waals surface area contributed by atoms with Crippen molar-refractivity contribution < 1.29 is 14.4 Å². The van der Waals surface area contributed by atoms with Crippen molar-refractivity contribution in [2.75, 3.05) is 19.6 Å². The van der Waals surface area contributed by atoms with Crippen molar-refractivity contribution in [2.24, 2.45) is 11.3 Å². The van der Waals surface area contributed by atoms with Crippen LogP contribution in [0.3, 0.4) is 0 Å². The maximum atomic E-state index is 12.5. The van der Waals surface area contributed by atoms with E-state index in [0.717, 1.165) is 12.8 Å². The summed E-state index contributed by atoms with van der Waals surface area (Å²) in [4.78, 5) is 40.7. The van der Waals surface area contributed by atoms with Crippen molar-refractivity contribution in [2.45, 2.75) is 72.4 Å². The first-order valence-corrected chi connectivity index (χ1v) is 9.30. The molecule has 0 saturated carbocycles. The predicted molar refractivity (Wildman–Crippen MR) is 96.8 cm³/mol. The molecule has 0 radical (unpaired) electrons. The van der Waals surface area contributed by atoms with E-state index in [4.69, 9.17) is 0 Å². The molecule has 6 nitrogen and oxygen atoms in total. The first-order valence-electron chi connectivity index (χ1n) is 9.30. The third-order valence-electron chi connectivity index (χ3n) is 5.08. The number of likely N-dealkylation sites (tertiary alicyclic amines) is 2. The molecule has 142 valence electrons. The summed E-state index contributed by atoms with van der Waals surface area (Å²) >= 11 is 0. The fraction of sp³-hybridized carbons (Fsp3) is 0.842. The Morgan fingerprint density at radius 3 is 2.04 bits per heavy atom. The van der Waals surface area contributed by atoms with E-state index in [2.05, 4.69) is 5.32 Å². The Labute approximate surface area is 151 Å². The van der Waals surface area contributed by atoms with Crippen molar-refractivity contribution in [1.29, 1.82) is 0 Å². The molecule has 0 aromatic carbocycles. The van der Waals surface area contributed by atoms with E-state index in [0.29, 0.717) is 26.1 Å². The molecular weight excluding hydrogens is 318 g/mol. The highest BCUT2D eigenvalue weighted by Crippen LogP contribution is 2.26. The van der Waals surface area contributed by atoms with Gasteiger partial charge in [-0.1, -0.05) is 20.8 Å². The van der Waals surface area contributed by atoms with Crippen LogP contribution >= 0.6 is 0 Å². The molecule has 2 rings (SSSR count). The standard InChI is InChI=1S/C19H33N3O3/c1-18(2,3)17(25)21-9-7-14(8-10-21)20-16(24)13-11-15(23)22(12-13)19(4,5)6/h13-14H,7-12H2,1-6H3,(H,20,24). The van der Waals surface area contributed by atoms with Crippen molar-refractivity contribution in [3.8, 4) is 0 Å². The molecule has 2 fully saturated rings. The van der Waals surface area contributed by atoms with Crippen LogP contribution < -0.4 is 5.32 Å². The summed E-state index contributed by atoms with van der Waals surface area (Å²) in [6.45, 7) is 13.6. The summed E-state index contributed by atoms with van der Waals surface area (Å²) in [6, 6.07) is 0.0929. The molecule has 3 amide bonds. The van der Waals surface area contributed by atoms with E-state index in [9.17, 15) is 14.4 Å². The van der Waals surface area contributed by atoms with E-state index >= 15 is 0 Å². The molecule has 0 bridgehead atoms. The zero-order valence-corrected chi connectivity index (χ0v) is 16.5. The second kappa shape index (κ2) is 6.96. The summed E-state index contributed by atoms with van der Waals surface area (Å²) in [7, 11) is 0. The molecule has 2 aliphatic rings. The normalized spacial score (nSPS) is 23.1. The monoisotopic (exact) mass is 351 g/mol. The third kappa shape index (κ3) is 4.73. The van der Waals surface area contributed by atoms with Crippen molar-refractivity contribution >= 4 is 17.7 Å². The fourth-order valence-corrected chi connectivity index (χ4v) is 3.55. The first-order chi connectivity index (χ1) is 11.4. The smallest absolute Gasteiger partial charge is 0.227 e. The molecule has 2 saturated heterocycles. The van der Waals surface area contributed by atoms with Crippen LogP contribution in [0.15, 0.2) is 0 Å². The summed E-state index contributed by atoms with van der Waals surface area (Å²) in [6.07, 6.45) is 1.85. The van der Waals surface area contributed by atoms with E-state index in [1.54, 1.807) is 4.90 Å². The highest BCUT2D eigenvalue weighted by molar-refractivity contribution is 5.89. The van der Waals surface area contributed by atoms with Gasteiger partial charge in [-0.05, 0) is 33.6 Å². The number of rotatable bonds is 2. The molecule has 6 heteroatoms. The number of hydrogen-bond donors (Lipinski definition) is 1. The van der Waals surface area contributed by atoms with Gasteiger partial charge in [0.05, 0.1) is 5.92 Å². The van der Waals surface area contributed by atoms with Gasteiger partial charge in [-0.15, -0.1) is 0 Å². The summed E-state index contributed by atoms with van der Waals surface area (Å²) < 4.78 is 0. The molecule has 25 heavy (non-hydrogen) atoms. The van der Waals surface area contributed by atoms with E-state index in [1.165, 1.54) is 0 Å². The van der Waals surface area contributed by atoms with Crippen LogP contribution in [0.5, 0.6) is 0 Å². The molecule has 0 aliphatic carbocycles. The first kappa shape index (κ1) is 19.7. The van der Waals surface area contributed by atoms with Crippen molar-refractivity contribution in [1.82, 2.24) is 15.1 Å². The van der Waals surface area contributed by atoms with Gasteiger partial charge in [0.15, 0.2) is 0 Å². The number of nitrogens with one attached hydrogen (secondary N) is 1. The average molecular weight is 351 g/mol. The molecule has 0 spiro atoms. The summed E-state index contributed by atoms with van der Waals surface area (Å²) in [5, 5.41) is 3.10. The van der Waals surface area contributed by atoms with Crippen LogP contribution in [0.1, 0.15) is 60.8 Å². The van der Waals surface area contributed by atoms with Gasteiger partial charge in [0.1, 0.15) is 0 Å². The Kier molecular flexibility index (Phi) is 5.50. The van der Waals surface area contributed by atoms with Crippen LogP contribution in [0, 0.1) is 11.3 Å². The van der Waals surface area contributed by atoms with Gasteiger partial charge in [-0.2, -0.15) is 0 Å². The number of hydrogen-bond acceptors (Lipinski definition) is 3. The summed E-state index contributed by atoms with van der Waals surface area (Å²) in [5.41, 5.74) is -0.610. The minimum Gasteiger partial charge on any atom is -0.353 e. The lowest BCUT2D eigenvalue weighted by Crippen LogP contribution is -2.50. The Morgan fingerprint density at radius 1 is 1.04 bits per heavy atom. The van der Waals surface area contributed by atoms with Crippen LogP contribution in [-0.4, -0.2) is 58.7 Å². The van der Waals surface area contributed by atoms with Crippen LogP contribution in [0.4, 0.5) is 0 Å². The quantitative estimate of drug-likeness (QED) is 0.824. The number of nitrogens with zero attached hydrogens (tertiary/aromatic N) is 2. The molecule has 1 atom stereocenters. The number of carbonyl (C=O) groups excluding carboxylic acids is 3. The van der Waals surface area contributed by atoms with Crippen molar-refractivity contribution in [3.63, 3.8) is 0 Å². The van der Waals surface area contributed by atoms with E-state index in [1.807, 2.05) is 46.4 Å². The zero-order chi connectivity index (χ0) is 19.0. The van der Waals surface area contributed by atoms with Crippen LogP contribution in [0.2, 0.25) is 0 Å². The number of carbonyl (C=O) groups is 3. The van der Waals surface area contributed by atoms with Gasteiger partial charge in [0, 0.05) is 43.1 Å². The van der Waals surface area contributed by atoms with E-state index < -0.39 is 0 Å². The summed E-state index contributed by atoms with van der Waals surface area (Å²) in [5.74, 6) is -0.0700. The van der Waals surface area contributed by atoms with E-state index in [-0.39, 0.29) is 40.6 Å². The van der Waals surface area contributed by atoms with Gasteiger partial charge in [-0.25, -0.2) is 0 Å². The number of piperidine rings is 1. The molecular formula is C19H33N3O3. The zero-order valence-electron chi connectivity index (χ0n) is 16.5. The SMILES string of the molecule is CC(C)(C)C(=O)N1CCC(NC(=O)C2CC(=O)N(C(C)(C)C)C2)CC1. The topological polar surface area (TPSA) is 69.7 Å². The van der Waals surface area contributed by atoms with Gasteiger partial charge in [0.25, 0.3) is 0 Å². The molecule has 2 aliphatic heterocycles.